The van der Waals surface area contributed by atoms with Crippen LogP contribution in [-0.4, -0.2) is 22.0 Å². The summed E-state index contributed by atoms with van der Waals surface area (Å²) in [5.74, 6) is -0.400. The lowest BCUT2D eigenvalue weighted by molar-refractivity contribution is -0.387. The number of carbonyl (C=O) groups is 1. The van der Waals surface area contributed by atoms with Gasteiger partial charge >= 0.3 is 0 Å². The lowest BCUT2D eigenvalue weighted by Gasteiger charge is -2.04. The molecule has 1 N–H and O–H groups in total. The largest absolute Gasteiger partial charge is 0.283 e. The third kappa shape index (κ3) is 5.15. The first-order valence-electron chi connectivity index (χ1n) is 7.98. The Bertz CT molecular complexity index is 1030. The van der Waals surface area contributed by atoms with Gasteiger partial charge in [-0.15, -0.1) is 0 Å². The van der Waals surface area contributed by atoms with Crippen LogP contribution in [0.25, 0.3) is 0 Å². The number of nitrogens with one attached hydrogen (secondary N) is 1. The van der Waals surface area contributed by atoms with E-state index in [-0.39, 0.29) is 5.69 Å². The highest BCUT2D eigenvalue weighted by Gasteiger charge is 2.15. The van der Waals surface area contributed by atoms with Gasteiger partial charge in [-0.25, -0.2) is 5.43 Å². The van der Waals surface area contributed by atoms with Crippen molar-refractivity contribution >= 4 is 41.2 Å². The molecule has 1 aromatic heterocycles. The molecule has 0 aliphatic heterocycles. The molecule has 3 rings (SSSR count). The molecule has 0 saturated heterocycles. The zero-order valence-electron chi connectivity index (χ0n) is 14.3. The van der Waals surface area contributed by atoms with E-state index in [2.05, 4.69) is 15.5 Å². The first-order valence-corrected chi connectivity index (χ1v) is 9.17. The van der Waals surface area contributed by atoms with E-state index in [4.69, 9.17) is 11.6 Å². The minimum Gasteiger partial charge on any atom is -0.267 e. The lowest BCUT2D eigenvalue weighted by atomic mass is 10.2. The number of hydrazone groups is 1. The summed E-state index contributed by atoms with van der Waals surface area (Å²) in [5, 5.41) is 15.9. The van der Waals surface area contributed by atoms with Gasteiger partial charge in [0.05, 0.1) is 16.0 Å². The molecule has 28 heavy (non-hydrogen) atoms. The lowest BCUT2D eigenvalue weighted by Crippen LogP contribution is -2.17. The standard InChI is InChI=1S/C19H13ClN4O3S/c20-15-2-4-16(5-3-15)28-18-6-1-13(11-17(18)24(26)27)12-22-23-19(25)14-7-9-21-10-8-14/h1-12H,(H,23,25)/b22-12+. The Balaban J connectivity index is 1.74. The van der Waals surface area contributed by atoms with Crippen molar-refractivity contribution in [2.75, 3.05) is 0 Å². The van der Waals surface area contributed by atoms with Crippen LogP contribution in [0.4, 0.5) is 5.69 Å². The van der Waals surface area contributed by atoms with Gasteiger partial charge in [0.25, 0.3) is 11.6 Å². The third-order valence-electron chi connectivity index (χ3n) is 3.54. The van der Waals surface area contributed by atoms with E-state index in [1.54, 1.807) is 48.5 Å². The molecule has 0 spiro atoms. The smallest absolute Gasteiger partial charge is 0.267 e. The van der Waals surface area contributed by atoms with Gasteiger partial charge in [-0.2, -0.15) is 5.10 Å². The van der Waals surface area contributed by atoms with Crippen LogP contribution in [0.3, 0.4) is 0 Å². The number of rotatable bonds is 6. The van der Waals surface area contributed by atoms with E-state index < -0.39 is 10.8 Å². The van der Waals surface area contributed by atoms with Crippen molar-refractivity contribution in [3.8, 4) is 0 Å². The molecule has 1 heterocycles. The summed E-state index contributed by atoms with van der Waals surface area (Å²) in [5.41, 5.74) is 3.22. The summed E-state index contributed by atoms with van der Waals surface area (Å²) in [6, 6.07) is 14.9. The Morgan fingerprint density at radius 2 is 1.86 bits per heavy atom. The van der Waals surface area contributed by atoms with Crippen LogP contribution in [0, 0.1) is 10.1 Å². The molecule has 9 heteroatoms. The molecule has 7 nitrogen and oxygen atoms in total. The predicted octanol–water partition coefficient (Wildman–Crippen LogP) is 4.56. The number of hydrogen-bond acceptors (Lipinski definition) is 6. The molecule has 0 saturated carbocycles. The van der Waals surface area contributed by atoms with Gasteiger partial charge in [-0.05, 0) is 42.5 Å². The van der Waals surface area contributed by atoms with Crippen molar-refractivity contribution in [2.45, 2.75) is 9.79 Å². The maximum atomic E-state index is 11.9. The van der Waals surface area contributed by atoms with Crippen molar-refractivity contribution in [2.24, 2.45) is 5.10 Å². The maximum absolute atomic E-state index is 11.9. The maximum Gasteiger partial charge on any atom is 0.283 e. The normalized spacial score (nSPS) is 10.8. The fourth-order valence-electron chi connectivity index (χ4n) is 2.21. The number of pyridine rings is 1. The molecule has 0 atom stereocenters. The highest BCUT2D eigenvalue weighted by atomic mass is 35.5. The van der Waals surface area contributed by atoms with Gasteiger partial charge in [0.1, 0.15) is 0 Å². The number of nitro groups is 1. The van der Waals surface area contributed by atoms with E-state index in [1.807, 2.05) is 0 Å². The van der Waals surface area contributed by atoms with Crippen LogP contribution in [0.15, 0.2) is 81.9 Å². The number of aromatic nitrogens is 1. The van der Waals surface area contributed by atoms with Gasteiger partial charge in [-0.1, -0.05) is 29.4 Å². The van der Waals surface area contributed by atoms with Gasteiger partial charge < -0.3 is 0 Å². The Morgan fingerprint density at radius 3 is 2.54 bits per heavy atom. The molecule has 3 aromatic rings. The SMILES string of the molecule is O=C(N/N=C/c1ccc(Sc2ccc(Cl)cc2)c([N+](=O)[O-])c1)c1ccncc1. The summed E-state index contributed by atoms with van der Waals surface area (Å²) < 4.78 is 0. The molecule has 0 aliphatic carbocycles. The second-order valence-corrected chi connectivity index (χ2v) is 7.03. The number of nitro benzene ring substituents is 1. The number of hydrogen-bond donors (Lipinski definition) is 1. The molecule has 0 aliphatic rings. The van der Waals surface area contributed by atoms with E-state index in [0.29, 0.717) is 21.0 Å². The number of amides is 1. The number of benzene rings is 2. The third-order valence-corrected chi connectivity index (χ3v) is 4.87. The molecule has 2 aromatic carbocycles. The summed E-state index contributed by atoms with van der Waals surface area (Å²) in [7, 11) is 0. The molecule has 0 unspecified atom stereocenters. The highest BCUT2D eigenvalue weighted by molar-refractivity contribution is 7.99. The first kappa shape index (κ1) is 19.5. The van der Waals surface area contributed by atoms with E-state index in [1.165, 1.54) is 36.4 Å². The van der Waals surface area contributed by atoms with Crippen LogP contribution in [0.1, 0.15) is 15.9 Å². The van der Waals surface area contributed by atoms with Crippen molar-refractivity contribution in [1.82, 2.24) is 10.4 Å². The summed E-state index contributed by atoms with van der Waals surface area (Å²) in [6.45, 7) is 0. The fourth-order valence-corrected chi connectivity index (χ4v) is 3.23. The van der Waals surface area contributed by atoms with Gasteiger partial charge in [0.2, 0.25) is 0 Å². The van der Waals surface area contributed by atoms with Gasteiger partial charge in [0.15, 0.2) is 0 Å². The average molecular weight is 413 g/mol. The van der Waals surface area contributed by atoms with Crippen LogP contribution in [0.5, 0.6) is 0 Å². The zero-order chi connectivity index (χ0) is 19.9. The minimum atomic E-state index is -0.453. The van der Waals surface area contributed by atoms with E-state index in [0.717, 1.165) is 4.90 Å². The van der Waals surface area contributed by atoms with Crippen molar-refractivity contribution < 1.29 is 9.72 Å². The average Bonchev–Trinajstić information content (AvgIpc) is 2.71. The zero-order valence-corrected chi connectivity index (χ0v) is 15.9. The molecule has 0 radical (unpaired) electrons. The van der Waals surface area contributed by atoms with E-state index >= 15 is 0 Å². The molecule has 0 fully saturated rings. The summed E-state index contributed by atoms with van der Waals surface area (Å²) in [6.07, 6.45) is 4.35. The molecule has 140 valence electrons. The van der Waals surface area contributed by atoms with Crippen LogP contribution >= 0.6 is 23.4 Å². The fraction of sp³-hybridized carbons (Fsp3) is 0. The van der Waals surface area contributed by atoms with Crippen molar-refractivity contribution in [1.29, 1.82) is 0 Å². The second kappa shape index (κ2) is 9.12. The number of carbonyl (C=O) groups excluding carboxylic acids is 1. The van der Waals surface area contributed by atoms with Crippen molar-refractivity contribution in [3.05, 3.63) is 93.3 Å². The molecule has 0 bridgehead atoms. The highest BCUT2D eigenvalue weighted by Crippen LogP contribution is 2.35. The first-order chi connectivity index (χ1) is 13.5. The minimum absolute atomic E-state index is 0.0515. The molecular weight excluding hydrogens is 400 g/mol. The number of nitrogens with zero attached hydrogens (tertiary/aromatic N) is 3. The Morgan fingerprint density at radius 1 is 1.14 bits per heavy atom. The van der Waals surface area contributed by atoms with Crippen molar-refractivity contribution in [3.63, 3.8) is 0 Å². The quantitative estimate of drug-likeness (QED) is 0.363. The molecule has 1 amide bonds. The second-order valence-electron chi connectivity index (χ2n) is 5.48. The Kier molecular flexibility index (Phi) is 6.36. The summed E-state index contributed by atoms with van der Waals surface area (Å²) in [4.78, 5) is 28.1. The van der Waals surface area contributed by atoms with Gasteiger partial charge in [0, 0.05) is 39.5 Å². The number of halogens is 1. The Hall–Kier alpha value is -3.23. The summed E-state index contributed by atoms with van der Waals surface area (Å²) >= 11 is 7.13. The van der Waals surface area contributed by atoms with Crippen LogP contribution < -0.4 is 5.43 Å². The predicted molar refractivity (Wildman–Crippen MR) is 108 cm³/mol. The van der Waals surface area contributed by atoms with Crippen LogP contribution in [-0.2, 0) is 0 Å². The van der Waals surface area contributed by atoms with Crippen LogP contribution in [0.2, 0.25) is 5.02 Å². The van der Waals surface area contributed by atoms with Gasteiger partial charge in [-0.3, -0.25) is 19.9 Å². The van der Waals surface area contributed by atoms with E-state index in [9.17, 15) is 14.9 Å². The Labute approximate surface area is 169 Å². The topological polar surface area (TPSA) is 97.5 Å². The monoisotopic (exact) mass is 412 g/mol. The molecular formula is C19H13ClN4O3S.